The Morgan fingerprint density at radius 2 is 1.89 bits per heavy atom. The van der Waals surface area contributed by atoms with Gasteiger partial charge in [0.1, 0.15) is 0 Å². The molecule has 98 valence electrons. The van der Waals surface area contributed by atoms with Crippen molar-refractivity contribution in [1.29, 1.82) is 0 Å². The van der Waals surface area contributed by atoms with E-state index in [-0.39, 0.29) is 5.78 Å². The lowest BCUT2D eigenvalue weighted by molar-refractivity contribution is 0.0992. The van der Waals surface area contributed by atoms with Crippen LogP contribution in [-0.2, 0) is 12.8 Å². The second kappa shape index (κ2) is 6.67. The predicted molar refractivity (Wildman–Crippen MR) is 82.6 cm³/mol. The Labute approximate surface area is 122 Å². The zero-order valence-corrected chi connectivity index (χ0v) is 12.6. The third-order valence-electron chi connectivity index (χ3n) is 3.10. The van der Waals surface area contributed by atoms with Gasteiger partial charge in [-0.05, 0) is 29.7 Å². The lowest BCUT2D eigenvalue weighted by Gasteiger charge is -2.06. The van der Waals surface area contributed by atoms with E-state index < -0.39 is 0 Å². The summed E-state index contributed by atoms with van der Waals surface area (Å²) in [4.78, 5) is 12.3. The Morgan fingerprint density at radius 1 is 1.11 bits per heavy atom. The summed E-state index contributed by atoms with van der Waals surface area (Å²) in [7, 11) is 0. The van der Waals surface area contributed by atoms with Crippen molar-refractivity contribution in [1.82, 2.24) is 0 Å². The van der Waals surface area contributed by atoms with E-state index in [9.17, 15) is 4.79 Å². The summed E-state index contributed by atoms with van der Waals surface area (Å²) in [5, 5.41) is 0. The topological polar surface area (TPSA) is 17.1 Å². The average molecular weight is 317 g/mol. The second-order valence-corrected chi connectivity index (χ2v) is 5.50. The van der Waals surface area contributed by atoms with Gasteiger partial charge in [-0.3, -0.25) is 4.79 Å². The maximum absolute atomic E-state index is 12.3. The Kier molecular flexibility index (Phi) is 4.92. The number of aryl methyl sites for hydroxylation is 1. The van der Waals surface area contributed by atoms with Crippen LogP contribution in [0.2, 0.25) is 0 Å². The molecule has 0 unspecified atom stereocenters. The molecule has 0 fully saturated rings. The average Bonchev–Trinajstić information content (AvgIpc) is 2.42. The van der Waals surface area contributed by atoms with Crippen molar-refractivity contribution in [3.63, 3.8) is 0 Å². The Balaban J connectivity index is 2.16. The molecule has 0 atom stereocenters. The van der Waals surface area contributed by atoms with Gasteiger partial charge in [-0.15, -0.1) is 0 Å². The number of rotatable bonds is 5. The first-order valence-electron chi connectivity index (χ1n) is 6.56. The third-order valence-corrected chi connectivity index (χ3v) is 3.87. The summed E-state index contributed by atoms with van der Waals surface area (Å²) >= 11 is 3.48. The standard InChI is InChI=1S/C17H17BrO/c1-2-6-13-7-5-9-15(11-13)17(19)12-14-8-3-4-10-16(14)18/h3-5,7-11H,2,6,12H2,1H3. The van der Waals surface area contributed by atoms with Gasteiger partial charge in [0.2, 0.25) is 0 Å². The summed E-state index contributed by atoms with van der Waals surface area (Å²) in [6.07, 6.45) is 2.56. The monoisotopic (exact) mass is 316 g/mol. The molecule has 1 nitrogen and oxygen atoms in total. The molecule has 0 heterocycles. The summed E-state index contributed by atoms with van der Waals surface area (Å²) in [5.41, 5.74) is 3.08. The molecule has 0 N–H and O–H groups in total. The Bertz CT molecular complexity index is 575. The van der Waals surface area contributed by atoms with E-state index in [4.69, 9.17) is 0 Å². The number of ketones is 1. The zero-order valence-electron chi connectivity index (χ0n) is 11.0. The van der Waals surface area contributed by atoms with Crippen LogP contribution < -0.4 is 0 Å². The lowest BCUT2D eigenvalue weighted by Crippen LogP contribution is -2.04. The van der Waals surface area contributed by atoms with E-state index in [0.29, 0.717) is 6.42 Å². The van der Waals surface area contributed by atoms with Crippen LogP contribution in [0.15, 0.2) is 53.0 Å². The number of halogens is 1. The van der Waals surface area contributed by atoms with Gasteiger partial charge >= 0.3 is 0 Å². The van der Waals surface area contributed by atoms with Crippen LogP contribution in [0.25, 0.3) is 0 Å². The Hall–Kier alpha value is -1.41. The van der Waals surface area contributed by atoms with Crippen molar-refractivity contribution in [3.8, 4) is 0 Å². The minimum atomic E-state index is 0.171. The van der Waals surface area contributed by atoms with Crippen molar-refractivity contribution in [2.24, 2.45) is 0 Å². The summed E-state index contributed by atoms with van der Waals surface area (Å²) in [6, 6.07) is 15.8. The van der Waals surface area contributed by atoms with Crippen LogP contribution in [0, 0.1) is 0 Å². The van der Waals surface area contributed by atoms with E-state index in [2.05, 4.69) is 28.9 Å². The van der Waals surface area contributed by atoms with Crippen LogP contribution in [0.1, 0.15) is 34.8 Å². The summed E-state index contributed by atoms with van der Waals surface area (Å²) in [5.74, 6) is 0.171. The molecule has 2 heteroatoms. The van der Waals surface area contributed by atoms with Crippen LogP contribution >= 0.6 is 15.9 Å². The van der Waals surface area contributed by atoms with Gasteiger partial charge < -0.3 is 0 Å². The van der Waals surface area contributed by atoms with E-state index in [1.807, 2.05) is 42.5 Å². The van der Waals surface area contributed by atoms with Gasteiger partial charge in [0.25, 0.3) is 0 Å². The molecule has 0 bridgehead atoms. The van der Waals surface area contributed by atoms with Gasteiger partial charge in [-0.2, -0.15) is 0 Å². The molecule has 0 amide bonds. The number of benzene rings is 2. The van der Waals surface area contributed by atoms with E-state index in [0.717, 1.165) is 28.4 Å². The molecule has 2 rings (SSSR count). The van der Waals surface area contributed by atoms with Gasteiger partial charge in [-0.25, -0.2) is 0 Å². The smallest absolute Gasteiger partial charge is 0.167 e. The predicted octanol–water partition coefficient (Wildman–Crippen LogP) is 4.83. The first-order chi connectivity index (χ1) is 9.20. The van der Waals surface area contributed by atoms with E-state index >= 15 is 0 Å². The van der Waals surface area contributed by atoms with E-state index in [1.165, 1.54) is 5.56 Å². The maximum atomic E-state index is 12.3. The molecule has 2 aromatic rings. The van der Waals surface area contributed by atoms with Crippen LogP contribution in [0.3, 0.4) is 0 Å². The van der Waals surface area contributed by atoms with Gasteiger partial charge in [0.15, 0.2) is 5.78 Å². The maximum Gasteiger partial charge on any atom is 0.167 e. The van der Waals surface area contributed by atoms with Crippen molar-refractivity contribution >= 4 is 21.7 Å². The number of carbonyl (C=O) groups excluding carboxylic acids is 1. The molecular formula is C17H17BrO. The van der Waals surface area contributed by atoms with Crippen LogP contribution in [-0.4, -0.2) is 5.78 Å². The van der Waals surface area contributed by atoms with Crippen LogP contribution in [0.5, 0.6) is 0 Å². The zero-order chi connectivity index (χ0) is 13.7. The van der Waals surface area contributed by atoms with Gasteiger partial charge in [0.05, 0.1) is 0 Å². The Morgan fingerprint density at radius 3 is 2.63 bits per heavy atom. The molecule has 0 aliphatic rings. The first-order valence-corrected chi connectivity index (χ1v) is 7.35. The fraction of sp³-hybridized carbons (Fsp3) is 0.235. The normalized spacial score (nSPS) is 10.4. The fourth-order valence-corrected chi connectivity index (χ4v) is 2.53. The SMILES string of the molecule is CCCc1cccc(C(=O)Cc2ccccc2Br)c1. The second-order valence-electron chi connectivity index (χ2n) is 4.64. The largest absolute Gasteiger partial charge is 0.294 e. The number of carbonyl (C=O) groups is 1. The minimum absolute atomic E-state index is 0.171. The van der Waals surface area contributed by atoms with Gasteiger partial charge in [-0.1, -0.05) is 65.7 Å². The molecule has 0 aliphatic heterocycles. The molecule has 0 saturated carbocycles. The number of hydrogen-bond donors (Lipinski definition) is 0. The molecule has 0 aliphatic carbocycles. The van der Waals surface area contributed by atoms with Crippen molar-refractivity contribution < 1.29 is 4.79 Å². The highest BCUT2D eigenvalue weighted by molar-refractivity contribution is 9.10. The molecule has 0 aromatic heterocycles. The highest BCUT2D eigenvalue weighted by Crippen LogP contribution is 2.18. The molecule has 2 aromatic carbocycles. The summed E-state index contributed by atoms with van der Waals surface area (Å²) < 4.78 is 0.994. The highest BCUT2D eigenvalue weighted by Gasteiger charge is 2.09. The highest BCUT2D eigenvalue weighted by atomic mass is 79.9. The lowest BCUT2D eigenvalue weighted by atomic mass is 10.00. The van der Waals surface area contributed by atoms with Crippen molar-refractivity contribution in [2.45, 2.75) is 26.2 Å². The van der Waals surface area contributed by atoms with Crippen LogP contribution in [0.4, 0.5) is 0 Å². The van der Waals surface area contributed by atoms with Gasteiger partial charge in [0, 0.05) is 16.5 Å². The molecular weight excluding hydrogens is 300 g/mol. The minimum Gasteiger partial charge on any atom is -0.294 e. The quantitative estimate of drug-likeness (QED) is 0.722. The molecule has 0 radical (unpaired) electrons. The van der Waals surface area contributed by atoms with Crippen molar-refractivity contribution in [3.05, 3.63) is 69.7 Å². The third kappa shape index (κ3) is 3.77. The molecule has 0 spiro atoms. The van der Waals surface area contributed by atoms with E-state index in [1.54, 1.807) is 0 Å². The summed E-state index contributed by atoms with van der Waals surface area (Å²) in [6.45, 7) is 2.15. The van der Waals surface area contributed by atoms with Crippen molar-refractivity contribution in [2.75, 3.05) is 0 Å². The fourth-order valence-electron chi connectivity index (χ4n) is 2.11. The number of hydrogen-bond acceptors (Lipinski definition) is 1. The molecule has 0 saturated heterocycles. The number of Topliss-reactive ketones (excluding diaryl/α,β-unsaturated/α-hetero) is 1. The molecule has 19 heavy (non-hydrogen) atoms. The first kappa shape index (κ1) is 14.0.